The Labute approximate surface area is 136 Å². The molecule has 2 unspecified atom stereocenters. The van der Waals surface area contributed by atoms with E-state index in [2.05, 4.69) is 10.6 Å². The van der Waals surface area contributed by atoms with Crippen LogP contribution in [0.2, 0.25) is 0 Å². The van der Waals surface area contributed by atoms with E-state index in [0.717, 1.165) is 0 Å². The Hall–Kier alpha value is -1.69. The molecule has 0 saturated heterocycles. The van der Waals surface area contributed by atoms with E-state index in [-0.39, 0.29) is 24.1 Å². The van der Waals surface area contributed by atoms with Crippen molar-refractivity contribution in [3.8, 4) is 0 Å². The number of amides is 1. The van der Waals surface area contributed by atoms with E-state index in [4.69, 9.17) is 4.74 Å². The van der Waals surface area contributed by atoms with Gasteiger partial charge in [-0.1, -0.05) is 6.07 Å². The molecule has 0 fully saturated rings. The van der Waals surface area contributed by atoms with E-state index in [1.807, 2.05) is 13.8 Å². The van der Waals surface area contributed by atoms with Crippen LogP contribution in [0.1, 0.15) is 40.2 Å². The summed E-state index contributed by atoms with van der Waals surface area (Å²) >= 11 is 0. The average molecular weight is 328 g/mol. The van der Waals surface area contributed by atoms with Crippen LogP contribution in [0.3, 0.4) is 0 Å². The van der Waals surface area contributed by atoms with Crippen LogP contribution in [0.25, 0.3) is 0 Å². The van der Waals surface area contributed by atoms with Gasteiger partial charge in [0.2, 0.25) is 0 Å². The van der Waals surface area contributed by atoms with Crippen LogP contribution in [-0.4, -0.2) is 30.3 Å². The number of rotatable bonds is 6. The quantitative estimate of drug-likeness (QED) is 0.841. The van der Waals surface area contributed by atoms with E-state index in [1.165, 1.54) is 18.2 Å². The lowest BCUT2D eigenvalue weighted by atomic mass is 10.1. The first-order chi connectivity index (χ1) is 10.6. The van der Waals surface area contributed by atoms with E-state index in [0.29, 0.717) is 6.54 Å². The van der Waals surface area contributed by atoms with Gasteiger partial charge in [0.25, 0.3) is 0 Å². The second-order valence-electron chi connectivity index (χ2n) is 6.76. The largest absolute Gasteiger partial charge is 0.444 e. The smallest absolute Gasteiger partial charge is 0.407 e. The van der Waals surface area contributed by atoms with Gasteiger partial charge in [-0.15, -0.1) is 0 Å². The van der Waals surface area contributed by atoms with Gasteiger partial charge in [0.15, 0.2) is 0 Å². The van der Waals surface area contributed by atoms with Crippen molar-refractivity contribution in [1.29, 1.82) is 0 Å². The zero-order valence-electron chi connectivity index (χ0n) is 14.4. The molecule has 0 aliphatic carbocycles. The molecule has 0 radical (unpaired) electrons. The molecular weight excluding hydrogens is 302 g/mol. The number of benzene rings is 1. The maximum absolute atomic E-state index is 13.6. The fourth-order valence-electron chi connectivity index (χ4n) is 2.19. The Balaban J connectivity index is 2.42. The number of ether oxygens (including phenoxy) is 1. The summed E-state index contributed by atoms with van der Waals surface area (Å²) in [5.41, 5.74) is -0.476. The van der Waals surface area contributed by atoms with Gasteiger partial charge >= 0.3 is 6.09 Å². The van der Waals surface area contributed by atoms with Gasteiger partial charge in [0, 0.05) is 24.2 Å². The van der Waals surface area contributed by atoms with Crippen molar-refractivity contribution in [3.63, 3.8) is 0 Å². The fourth-order valence-corrected chi connectivity index (χ4v) is 2.19. The molecule has 2 atom stereocenters. The van der Waals surface area contributed by atoms with Crippen LogP contribution in [0.15, 0.2) is 18.2 Å². The molecule has 1 rings (SSSR count). The molecule has 0 spiro atoms. The SMILES string of the molecule is CC(CNC(=O)OC(C)(C)C)NC(C)Cc1c(F)cccc1F. The Morgan fingerprint density at radius 3 is 2.26 bits per heavy atom. The van der Waals surface area contributed by atoms with E-state index >= 15 is 0 Å². The fraction of sp³-hybridized carbons (Fsp3) is 0.588. The summed E-state index contributed by atoms with van der Waals surface area (Å²) < 4.78 is 32.4. The highest BCUT2D eigenvalue weighted by atomic mass is 19.1. The molecule has 4 nitrogen and oxygen atoms in total. The van der Waals surface area contributed by atoms with Crippen LogP contribution < -0.4 is 10.6 Å². The van der Waals surface area contributed by atoms with Gasteiger partial charge in [0.05, 0.1) is 0 Å². The van der Waals surface area contributed by atoms with Crippen molar-refractivity contribution >= 4 is 6.09 Å². The number of alkyl carbamates (subject to hydrolysis) is 1. The highest BCUT2D eigenvalue weighted by Gasteiger charge is 2.17. The predicted octanol–water partition coefficient (Wildman–Crippen LogP) is 3.40. The second kappa shape index (κ2) is 8.24. The van der Waals surface area contributed by atoms with Crippen molar-refractivity contribution in [3.05, 3.63) is 35.4 Å². The minimum absolute atomic E-state index is 0.0626. The Morgan fingerprint density at radius 2 is 1.74 bits per heavy atom. The first kappa shape index (κ1) is 19.4. The third-order valence-corrected chi connectivity index (χ3v) is 3.09. The molecule has 1 amide bonds. The van der Waals surface area contributed by atoms with E-state index in [1.54, 1.807) is 20.8 Å². The van der Waals surface area contributed by atoms with Crippen molar-refractivity contribution in [2.24, 2.45) is 0 Å². The molecule has 0 aliphatic rings. The molecule has 0 aliphatic heterocycles. The molecule has 23 heavy (non-hydrogen) atoms. The van der Waals surface area contributed by atoms with Crippen molar-refractivity contribution in [2.45, 2.75) is 58.7 Å². The molecular formula is C17H26F2N2O2. The molecule has 0 bridgehead atoms. The van der Waals surface area contributed by atoms with Crippen LogP contribution in [-0.2, 0) is 11.2 Å². The standard InChI is InChI=1S/C17H26F2N2O2/c1-11(9-13-14(18)7-6-8-15(13)19)21-12(2)10-20-16(22)23-17(3,4)5/h6-8,11-12,21H,9-10H2,1-5H3,(H,20,22). The Kier molecular flexibility index (Phi) is 6.94. The van der Waals surface area contributed by atoms with Gasteiger partial charge in [-0.3, -0.25) is 0 Å². The molecule has 0 aromatic heterocycles. The molecule has 0 heterocycles. The van der Waals surface area contributed by atoms with Crippen LogP contribution in [0, 0.1) is 11.6 Å². The monoisotopic (exact) mass is 328 g/mol. The minimum atomic E-state index is -0.545. The maximum atomic E-state index is 13.6. The van der Waals surface area contributed by atoms with Crippen LogP contribution in [0.5, 0.6) is 0 Å². The van der Waals surface area contributed by atoms with Gasteiger partial charge in [-0.25, -0.2) is 13.6 Å². The zero-order valence-corrected chi connectivity index (χ0v) is 14.4. The van der Waals surface area contributed by atoms with Crippen molar-refractivity contribution in [1.82, 2.24) is 10.6 Å². The lowest BCUT2D eigenvalue weighted by Crippen LogP contribution is -2.44. The zero-order chi connectivity index (χ0) is 17.6. The van der Waals surface area contributed by atoms with Gasteiger partial charge < -0.3 is 15.4 Å². The lowest BCUT2D eigenvalue weighted by molar-refractivity contribution is 0.0522. The number of hydrogen-bond donors (Lipinski definition) is 2. The van der Waals surface area contributed by atoms with Gasteiger partial charge in [0.1, 0.15) is 17.2 Å². The van der Waals surface area contributed by atoms with Crippen molar-refractivity contribution < 1.29 is 18.3 Å². The number of halogens is 2. The van der Waals surface area contributed by atoms with Crippen molar-refractivity contribution in [2.75, 3.05) is 6.54 Å². The number of nitrogens with one attached hydrogen (secondary N) is 2. The first-order valence-corrected chi connectivity index (χ1v) is 7.74. The number of hydrogen-bond acceptors (Lipinski definition) is 3. The summed E-state index contributed by atoms with van der Waals surface area (Å²) in [6, 6.07) is 3.64. The summed E-state index contributed by atoms with van der Waals surface area (Å²) in [5.74, 6) is -1.09. The Bertz CT molecular complexity index is 510. The van der Waals surface area contributed by atoms with Gasteiger partial charge in [-0.05, 0) is 53.2 Å². The first-order valence-electron chi connectivity index (χ1n) is 7.74. The number of carbonyl (C=O) groups excluding carboxylic acids is 1. The van der Waals surface area contributed by atoms with E-state index < -0.39 is 23.3 Å². The normalized spacial score (nSPS) is 14.2. The highest BCUT2D eigenvalue weighted by Crippen LogP contribution is 2.14. The lowest BCUT2D eigenvalue weighted by Gasteiger charge is -2.23. The van der Waals surface area contributed by atoms with Gasteiger partial charge in [-0.2, -0.15) is 0 Å². The minimum Gasteiger partial charge on any atom is -0.444 e. The topological polar surface area (TPSA) is 50.4 Å². The highest BCUT2D eigenvalue weighted by molar-refractivity contribution is 5.67. The average Bonchev–Trinajstić information content (AvgIpc) is 2.39. The maximum Gasteiger partial charge on any atom is 0.407 e. The number of carbonyl (C=O) groups is 1. The van der Waals surface area contributed by atoms with Crippen LogP contribution >= 0.6 is 0 Å². The van der Waals surface area contributed by atoms with E-state index in [9.17, 15) is 13.6 Å². The third-order valence-electron chi connectivity index (χ3n) is 3.09. The second-order valence-corrected chi connectivity index (χ2v) is 6.76. The summed E-state index contributed by atoms with van der Waals surface area (Å²) in [4.78, 5) is 11.6. The molecule has 130 valence electrons. The third kappa shape index (κ3) is 7.41. The summed E-state index contributed by atoms with van der Waals surface area (Å²) in [6.45, 7) is 9.46. The molecule has 1 aromatic carbocycles. The van der Waals surface area contributed by atoms with Crippen LogP contribution in [0.4, 0.5) is 13.6 Å². The Morgan fingerprint density at radius 1 is 1.17 bits per heavy atom. The molecule has 2 N–H and O–H groups in total. The molecule has 0 saturated carbocycles. The summed E-state index contributed by atoms with van der Waals surface area (Å²) in [6.07, 6.45) is -0.256. The predicted molar refractivity (Wildman–Crippen MR) is 86.4 cm³/mol. The molecule has 6 heteroatoms. The molecule has 1 aromatic rings. The summed E-state index contributed by atoms with van der Waals surface area (Å²) in [5, 5.41) is 5.86. The summed E-state index contributed by atoms with van der Waals surface area (Å²) in [7, 11) is 0.